The van der Waals surface area contributed by atoms with Crippen molar-refractivity contribution in [2.45, 2.75) is 13.1 Å². The van der Waals surface area contributed by atoms with Crippen molar-refractivity contribution in [3.63, 3.8) is 0 Å². The molecule has 1 aromatic carbocycles. The molecule has 1 atom stereocenters. The van der Waals surface area contributed by atoms with E-state index in [4.69, 9.17) is 4.84 Å². The second kappa shape index (κ2) is 4.50. The zero-order valence-corrected chi connectivity index (χ0v) is 9.14. The maximum Gasteiger partial charge on any atom is 0.250 e. The lowest BCUT2D eigenvalue weighted by Crippen LogP contribution is -2.50. The van der Waals surface area contributed by atoms with E-state index < -0.39 is 6.17 Å². The Labute approximate surface area is 97.1 Å². The topological polar surface area (TPSA) is 58.6 Å². The molecule has 1 aliphatic rings. The standard InChI is InChI=1S/C11H11FN2O3/c1-7(15)14-11(13-10(16)6-17-14)8-2-4-9(12)5-3-8/h2-5,11H,6H2,1H3,(H,13,16). The molecule has 2 rings (SSSR count). The fraction of sp³-hybridized carbons (Fsp3) is 0.273. The average molecular weight is 238 g/mol. The van der Waals surface area contributed by atoms with E-state index in [2.05, 4.69) is 5.32 Å². The monoisotopic (exact) mass is 238 g/mol. The molecule has 0 aromatic heterocycles. The molecule has 1 saturated heterocycles. The molecule has 2 amide bonds. The highest BCUT2D eigenvalue weighted by molar-refractivity contribution is 5.80. The van der Waals surface area contributed by atoms with Gasteiger partial charge in [-0.3, -0.25) is 14.4 Å². The second-order valence-electron chi connectivity index (χ2n) is 3.64. The Balaban J connectivity index is 2.28. The molecule has 0 spiro atoms. The number of carbonyl (C=O) groups is 2. The van der Waals surface area contributed by atoms with Gasteiger partial charge < -0.3 is 5.32 Å². The highest BCUT2D eigenvalue weighted by Crippen LogP contribution is 2.21. The maximum atomic E-state index is 12.8. The van der Waals surface area contributed by atoms with Crippen LogP contribution in [0.5, 0.6) is 0 Å². The summed E-state index contributed by atoms with van der Waals surface area (Å²) in [6, 6.07) is 5.50. The third kappa shape index (κ3) is 2.42. The normalized spacial score (nSPS) is 20.0. The lowest BCUT2D eigenvalue weighted by molar-refractivity contribution is -0.217. The van der Waals surface area contributed by atoms with Gasteiger partial charge in [0.25, 0.3) is 5.91 Å². The van der Waals surface area contributed by atoms with Crippen molar-refractivity contribution in [3.05, 3.63) is 35.6 Å². The quantitative estimate of drug-likeness (QED) is 0.784. The van der Waals surface area contributed by atoms with E-state index in [1.54, 1.807) is 0 Å². The number of amides is 2. The summed E-state index contributed by atoms with van der Waals surface area (Å²) < 4.78 is 12.8. The van der Waals surface area contributed by atoms with Gasteiger partial charge in [-0.1, -0.05) is 12.1 Å². The van der Waals surface area contributed by atoms with Gasteiger partial charge in [0.2, 0.25) is 5.91 Å². The number of carbonyl (C=O) groups excluding carboxylic acids is 2. The summed E-state index contributed by atoms with van der Waals surface area (Å²) in [5, 5.41) is 3.67. The first-order chi connectivity index (χ1) is 8.08. The Bertz CT molecular complexity index is 447. The molecule has 90 valence electrons. The minimum Gasteiger partial charge on any atom is -0.328 e. The van der Waals surface area contributed by atoms with Crippen LogP contribution >= 0.6 is 0 Å². The summed E-state index contributed by atoms with van der Waals surface area (Å²) in [7, 11) is 0. The SMILES string of the molecule is CC(=O)N1OCC(=O)NC1c1ccc(F)cc1. The Morgan fingerprint density at radius 2 is 2.12 bits per heavy atom. The molecule has 1 fully saturated rings. The summed E-state index contributed by atoms with van der Waals surface area (Å²) in [6.07, 6.45) is -0.714. The predicted octanol–water partition coefficient (Wildman–Crippen LogP) is 0.734. The Hall–Kier alpha value is -1.95. The highest BCUT2D eigenvalue weighted by atomic mass is 19.1. The van der Waals surface area contributed by atoms with E-state index in [0.717, 1.165) is 5.06 Å². The van der Waals surface area contributed by atoms with E-state index in [1.807, 2.05) is 0 Å². The number of hydrogen-bond donors (Lipinski definition) is 1. The van der Waals surface area contributed by atoms with E-state index in [0.29, 0.717) is 5.56 Å². The molecule has 0 bridgehead atoms. The molecule has 6 heteroatoms. The van der Waals surface area contributed by atoms with Gasteiger partial charge in [0, 0.05) is 6.92 Å². The van der Waals surface area contributed by atoms with Crippen molar-refractivity contribution in [1.82, 2.24) is 10.4 Å². The molecule has 0 aliphatic carbocycles. The van der Waals surface area contributed by atoms with Crippen LogP contribution in [0, 0.1) is 5.82 Å². The maximum absolute atomic E-state index is 12.8. The first-order valence-electron chi connectivity index (χ1n) is 5.05. The largest absolute Gasteiger partial charge is 0.328 e. The van der Waals surface area contributed by atoms with Crippen LogP contribution in [0.3, 0.4) is 0 Å². The number of halogens is 1. The third-order valence-electron chi connectivity index (χ3n) is 2.36. The predicted molar refractivity (Wildman–Crippen MR) is 55.8 cm³/mol. The van der Waals surface area contributed by atoms with Crippen LogP contribution < -0.4 is 5.32 Å². The van der Waals surface area contributed by atoms with Gasteiger partial charge in [0.1, 0.15) is 5.82 Å². The number of benzene rings is 1. The molecular weight excluding hydrogens is 227 g/mol. The van der Waals surface area contributed by atoms with Crippen molar-refractivity contribution in [3.8, 4) is 0 Å². The summed E-state index contributed by atoms with van der Waals surface area (Å²) in [4.78, 5) is 27.6. The number of hydrogen-bond acceptors (Lipinski definition) is 3. The molecule has 17 heavy (non-hydrogen) atoms. The van der Waals surface area contributed by atoms with E-state index >= 15 is 0 Å². The number of hydroxylamine groups is 2. The highest BCUT2D eigenvalue weighted by Gasteiger charge is 2.30. The first-order valence-corrected chi connectivity index (χ1v) is 5.05. The van der Waals surface area contributed by atoms with Crippen LogP contribution in [0.25, 0.3) is 0 Å². The van der Waals surface area contributed by atoms with Crippen LogP contribution in [0.15, 0.2) is 24.3 Å². The van der Waals surface area contributed by atoms with Gasteiger partial charge in [-0.2, -0.15) is 5.06 Å². The lowest BCUT2D eigenvalue weighted by Gasteiger charge is -2.34. The van der Waals surface area contributed by atoms with E-state index in [-0.39, 0.29) is 24.2 Å². The van der Waals surface area contributed by atoms with Gasteiger partial charge in [-0.15, -0.1) is 0 Å². The number of nitrogens with one attached hydrogen (secondary N) is 1. The minimum absolute atomic E-state index is 0.197. The molecule has 1 aromatic rings. The van der Waals surface area contributed by atoms with Crippen molar-refractivity contribution in [2.75, 3.05) is 6.61 Å². The summed E-state index contributed by atoms with van der Waals surface area (Å²) in [5.74, 6) is -1.04. The molecule has 1 N–H and O–H groups in total. The lowest BCUT2D eigenvalue weighted by atomic mass is 10.1. The van der Waals surface area contributed by atoms with Crippen LogP contribution in [-0.4, -0.2) is 23.5 Å². The molecular formula is C11H11FN2O3. The zero-order valence-electron chi connectivity index (χ0n) is 9.14. The Morgan fingerprint density at radius 3 is 2.71 bits per heavy atom. The van der Waals surface area contributed by atoms with Gasteiger partial charge >= 0.3 is 0 Å². The molecule has 1 heterocycles. The molecule has 5 nitrogen and oxygen atoms in total. The van der Waals surface area contributed by atoms with Crippen LogP contribution in [0.1, 0.15) is 18.7 Å². The average Bonchev–Trinajstić information content (AvgIpc) is 2.29. The van der Waals surface area contributed by atoms with Gasteiger partial charge in [-0.25, -0.2) is 4.39 Å². The molecule has 0 saturated carbocycles. The fourth-order valence-electron chi connectivity index (χ4n) is 1.59. The molecule has 1 aliphatic heterocycles. The van der Waals surface area contributed by atoms with Crippen molar-refractivity contribution >= 4 is 11.8 Å². The summed E-state index contributed by atoms with van der Waals surface area (Å²) >= 11 is 0. The third-order valence-corrected chi connectivity index (χ3v) is 2.36. The van der Waals surface area contributed by atoms with Crippen LogP contribution in [0.4, 0.5) is 4.39 Å². The van der Waals surface area contributed by atoms with Crippen LogP contribution in [0.2, 0.25) is 0 Å². The zero-order chi connectivity index (χ0) is 12.4. The van der Waals surface area contributed by atoms with Gasteiger partial charge in [0.15, 0.2) is 12.8 Å². The smallest absolute Gasteiger partial charge is 0.250 e. The van der Waals surface area contributed by atoms with E-state index in [9.17, 15) is 14.0 Å². The van der Waals surface area contributed by atoms with Gasteiger partial charge in [-0.05, 0) is 17.7 Å². The van der Waals surface area contributed by atoms with Gasteiger partial charge in [0.05, 0.1) is 0 Å². The number of rotatable bonds is 1. The number of nitrogens with zero attached hydrogens (tertiary/aromatic N) is 1. The molecule has 1 unspecified atom stereocenters. The molecule has 0 radical (unpaired) electrons. The van der Waals surface area contributed by atoms with Crippen molar-refractivity contribution in [1.29, 1.82) is 0 Å². The Morgan fingerprint density at radius 1 is 1.47 bits per heavy atom. The second-order valence-corrected chi connectivity index (χ2v) is 3.64. The summed E-state index contributed by atoms with van der Waals surface area (Å²) in [6.45, 7) is 1.13. The fourth-order valence-corrected chi connectivity index (χ4v) is 1.59. The first kappa shape index (κ1) is 11.5. The van der Waals surface area contributed by atoms with Crippen molar-refractivity contribution < 1.29 is 18.8 Å². The summed E-state index contributed by atoms with van der Waals surface area (Å²) in [5.41, 5.74) is 0.578. The van der Waals surface area contributed by atoms with Crippen LogP contribution in [-0.2, 0) is 14.4 Å². The minimum atomic E-state index is -0.714. The van der Waals surface area contributed by atoms with Crippen molar-refractivity contribution in [2.24, 2.45) is 0 Å². The Kier molecular flexibility index (Phi) is 3.06. The van der Waals surface area contributed by atoms with E-state index in [1.165, 1.54) is 31.2 Å².